The number of pyridine rings is 1. The number of likely N-dealkylation sites (tertiary alicyclic amines) is 1. The summed E-state index contributed by atoms with van der Waals surface area (Å²) >= 11 is 0. The van der Waals surface area contributed by atoms with Crippen molar-refractivity contribution in [3.63, 3.8) is 0 Å². The summed E-state index contributed by atoms with van der Waals surface area (Å²) in [5, 5.41) is 11.6. The van der Waals surface area contributed by atoms with Crippen molar-refractivity contribution in [3.05, 3.63) is 70.7 Å². The number of rotatable bonds is 12. The van der Waals surface area contributed by atoms with Gasteiger partial charge in [-0.05, 0) is 111 Å². The fraction of sp³-hybridized carbons (Fsp3) is 0.545. The average Bonchev–Trinajstić information content (AvgIpc) is 3.01. The fourth-order valence-electron chi connectivity index (χ4n) is 6.49. The lowest BCUT2D eigenvalue weighted by Crippen LogP contribution is -2.42. The molecule has 2 aliphatic rings. The molecule has 0 saturated carbocycles. The van der Waals surface area contributed by atoms with Crippen LogP contribution in [0.4, 0.5) is 13.2 Å². The number of hydrogen-bond donors (Lipinski definition) is 1. The molecular formula is C33H42F3N3O3. The summed E-state index contributed by atoms with van der Waals surface area (Å²) < 4.78 is 52.1. The first kappa shape index (κ1) is 30.7. The van der Waals surface area contributed by atoms with E-state index in [-0.39, 0.29) is 17.6 Å². The highest BCUT2D eigenvalue weighted by Gasteiger charge is 2.33. The predicted molar refractivity (Wildman–Crippen MR) is 157 cm³/mol. The molecule has 2 fully saturated rings. The van der Waals surface area contributed by atoms with E-state index in [0.717, 1.165) is 107 Å². The maximum atomic E-state index is 14.0. The molecule has 0 aliphatic carbocycles. The highest BCUT2D eigenvalue weighted by atomic mass is 19.2. The van der Waals surface area contributed by atoms with E-state index in [1.54, 1.807) is 7.11 Å². The highest BCUT2D eigenvalue weighted by molar-refractivity contribution is 5.84. The molecule has 228 valence electrons. The van der Waals surface area contributed by atoms with Crippen molar-refractivity contribution in [3.8, 4) is 5.75 Å². The first-order valence-electron chi connectivity index (χ1n) is 15.1. The van der Waals surface area contributed by atoms with Crippen molar-refractivity contribution >= 4 is 10.9 Å². The minimum atomic E-state index is -1.14. The summed E-state index contributed by atoms with van der Waals surface area (Å²) in [4.78, 5) is 9.49. The number of ether oxygens (including phenoxy) is 2. The number of methoxy groups -OCH3 is 1. The van der Waals surface area contributed by atoms with Crippen LogP contribution in [0.3, 0.4) is 0 Å². The molecular weight excluding hydrogens is 543 g/mol. The second-order valence-corrected chi connectivity index (χ2v) is 11.9. The van der Waals surface area contributed by atoms with Crippen molar-refractivity contribution in [1.82, 2.24) is 14.8 Å². The molecule has 0 spiro atoms. The molecule has 0 radical (unpaired) electrons. The summed E-state index contributed by atoms with van der Waals surface area (Å²) in [6.07, 6.45) is 7.48. The third-order valence-electron chi connectivity index (χ3n) is 9.15. The predicted octanol–water partition coefficient (Wildman–Crippen LogP) is 5.52. The van der Waals surface area contributed by atoms with Gasteiger partial charge in [0.15, 0.2) is 11.6 Å². The number of aryl methyl sites for hydroxylation is 2. The van der Waals surface area contributed by atoms with Gasteiger partial charge in [0, 0.05) is 43.9 Å². The molecule has 0 unspecified atom stereocenters. The number of benzene rings is 2. The maximum Gasteiger partial charge on any atom is 0.162 e. The lowest BCUT2D eigenvalue weighted by molar-refractivity contribution is 0.0336. The Hall–Kier alpha value is -2.72. The van der Waals surface area contributed by atoms with Gasteiger partial charge in [-0.1, -0.05) is 0 Å². The minimum Gasteiger partial charge on any atom is -0.497 e. The van der Waals surface area contributed by atoms with Crippen LogP contribution in [0.1, 0.15) is 48.8 Å². The second kappa shape index (κ2) is 14.2. The van der Waals surface area contributed by atoms with E-state index in [2.05, 4.69) is 15.9 Å². The van der Waals surface area contributed by atoms with Gasteiger partial charge in [0.25, 0.3) is 0 Å². The lowest BCUT2D eigenvalue weighted by Gasteiger charge is -2.41. The topological polar surface area (TPSA) is 58.1 Å². The third kappa shape index (κ3) is 7.43. The van der Waals surface area contributed by atoms with Crippen molar-refractivity contribution < 1.29 is 27.8 Å². The van der Waals surface area contributed by atoms with E-state index < -0.39 is 17.5 Å². The normalized spacial score (nSPS) is 18.0. The Balaban J connectivity index is 1.19. The molecule has 2 aromatic carbocycles. The fourth-order valence-corrected chi connectivity index (χ4v) is 6.49. The number of morpholine rings is 1. The maximum absolute atomic E-state index is 14.0. The lowest BCUT2D eigenvalue weighted by atomic mass is 9.74. The van der Waals surface area contributed by atoms with E-state index in [0.29, 0.717) is 18.9 Å². The van der Waals surface area contributed by atoms with Crippen LogP contribution in [0.5, 0.6) is 5.75 Å². The summed E-state index contributed by atoms with van der Waals surface area (Å²) in [7, 11) is 1.68. The Labute approximate surface area is 246 Å². The molecule has 0 amide bonds. The quantitative estimate of drug-likeness (QED) is 0.283. The molecule has 2 saturated heterocycles. The van der Waals surface area contributed by atoms with Crippen LogP contribution in [-0.2, 0) is 24.1 Å². The molecule has 9 heteroatoms. The molecule has 3 aromatic rings. The second-order valence-electron chi connectivity index (χ2n) is 11.9. The summed E-state index contributed by atoms with van der Waals surface area (Å²) in [6.45, 7) is 6.74. The number of hydrogen-bond acceptors (Lipinski definition) is 6. The van der Waals surface area contributed by atoms with Crippen LogP contribution < -0.4 is 4.74 Å². The number of aliphatic hydroxyl groups is 1. The number of aromatic nitrogens is 1. The van der Waals surface area contributed by atoms with E-state index in [1.165, 1.54) is 11.1 Å². The van der Waals surface area contributed by atoms with Gasteiger partial charge in [-0.25, -0.2) is 13.2 Å². The van der Waals surface area contributed by atoms with Crippen LogP contribution in [0.15, 0.2) is 36.5 Å². The van der Waals surface area contributed by atoms with Crippen molar-refractivity contribution in [1.29, 1.82) is 0 Å². The first-order valence-corrected chi connectivity index (χ1v) is 15.1. The third-order valence-corrected chi connectivity index (χ3v) is 9.15. The van der Waals surface area contributed by atoms with Crippen molar-refractivity contribution in [2.75, 3.05) is 59.7 Å². The number of piperidine rings is 1. The molecule has 1 aromatic heterocycles. The minimum absolute atomic E-state index is 0.0865. The van der Waals surface area contributed by atoms with E-state index >= 15 is 0 Å². The van der Waals surface area contributed by atoms with Crippen LogP contribution >= 0.6 is 0 Å². The van der Waals surface area contributed by atoms with Gasteiger partial charge >= 0.3 is 0 Å². The van der Waals surface area contributed by atoms with Crippen LogP contribution in [0, 0.1) is 22.9 Å². The van der Waals surface area contributed by atoms with E-state index in [4.69, 9.17) is 14.5 Å². The van der Waals surface area contributed by atoms with E-state index in [1.807, 2.05) is 18.3 Å². The van der Waals surface area contributed by atoms with Crippen LogP contribution in [-0.4, -0.2) is 79.5 Å². The monoisotopic (exact) mass is 585 g/mol. The molecule has 0 atom stereocenters. The zero-order valence-electron chi connectivity index (χ0n) is 24.5. The van der Waals surface area contributed by atoms with Crippen LogP contribution in [0.25, 0.3) is 10.9 Å². The van der Waals surface area contributed by atoms with Crippen molar-refractivity contribution in [2.45, 2.75) is 51.5 Å². The number of aliphatic hydroxyl groups excluding tert-OH is 1. The molecule has 5 rings (SSSR count). The number of nitrogens with zero attached hydrogens (tertiary/aromatic N) is 3. The van der Waals surface area contributed by atoms with Gasteiger partial charge in [0.05, 0.1) is 25.8 Å². The number of halogens is 3. The highest BCUT2D eigenvalue weighted by Crippen LogP contribution is 2.37. The molecule has 3 heterocycles. The SMILES string of the molecule is COc1ccc2ncc(CN3CCOCC3)c(CCCC3(CO)CCN(CCCc4cc(F)cc(F)c4F)CC3)c2c1. The molecule has 42 heavy (non-hydrogen) atoms. The summed E-state index contributed by atoms with van der Waals surface area (Å²) in [5.74, 6) is -2.02. The van der Waals surface area contributed by atoms with Crippen LogP contribution in [0.2, 0.25) is 0 Å². The smallest absolute Gasteiger partial charge is 0.162 e. The Morgan fingerprint density at radius 3 is 2.48 bits per heavy atom. The van der Waals surface area contributed by atoms with Crippen molar-refractivity contribution in [2.24, 2.45) is 5.41 Å². The van der Waals surface area contributed by atoms with E-state index in [9.17, 15) is 18.3 Å². The van der Waals surface area contributed by atoms with Gasteiger partial charge < -0.3 is 19.5 Å². The molecule has 2 aliphatic heterocycles. The van der Waals surface area contributed by atoms with Gasteiger partial charge in [0.2, 0.25) is 0 Å². The standard InChI is InChI=1S/C33H42F3N3O3/c1-41-27-6-7-31-29(20-27)28(25(21-37-31)22-39-14-16-42-17-15-39)5-2-8-33(23-40)9-12-38(13-10-33)11-3-4-24-18-26(34)19-30(35)32(24)36/h6-7,18-21,40H,2-5,8-17,22-23H2,1H3. The Morgan fingerprint density at radius 2 is 1.74 bits per heavy atom. The number of fused-ring (bicyclic) bond motifs is 1. The Kier molecular flexibility index (Phi) is 10.4. The van der Waals surface area contributed by atoms with Gasteiger partial charge in [0.1, 0.15) is 11.6 Å². The molecule has 1 N–H and O–H groups in total. The average molecular weight is 586 g/mol. The first-order chi connectivity index (χ1) is 20.4. The Bertz CT molecular complexity index is 1340. The molecule has 6 nitrogen and oxygen atoms in total. The summed E-state index contributed by atoms with van der Waals surface area (Å²) in [6, 6.07) is 7.71. The summed E-state index contributed by atoms with van der Waals surface area (Å²) in [5.41, 5.74) is 3.46. The Morgan fingerprint density at radius 1 is 0.952 bits per heavy atom. The largest absolute Gasteiger partial charge is 0.497 e. The molecule has 0 bridgehead atoms. The zero-order valence-corrected chi connectivity index (χ0v) is 24.5. The van der Waals surface area contributed by atoms with Gasteiger partial charge in [-0.3, -0.25) is 9.88 Å². The van der Waals surface area contributed by atoms with Gasteiger partial charge in [-0.15, -0.1) is 0 Å². The zero-order chi connectivity index (χ0) is 29.5. The van der Waals surface area contributed by atoms with Gasteiger partial charge in [-0.2, -0.15) is 0 Å².